The third-order valence-electron chi connectivity index (χ3n) is 4.14. The summed E-state index contributed by atoms with van der Waals surface area (Å²) < 4.78 is 7.34. The highest BCUT2D eigenvalue weighted by Crippen LogP contribution is 2.40. The van der Waals surface area contributed by atoms with Crippen LogP contribution in [0.3, 0.4) is 0 Å². The summed E-state index contributed by atoms with van der Waals surface area (Å²) in [4.78, 5) is 14.0. The zero-order valence-corrected chi connectivity index (χ0v) is 11.9. The van der Waals surface area contributed by atoms with E-state index in [1.807, 2.05) is 0 Å². The molecule has 0 saturated heterocycles. The van der Waals surface area contributed by atoms with Crippen LogP contribution in [0.15, 0.2) is 10.6 Å². The van der Waals surface area contributed by atoms with Crippen LogP contribution in [0.5, 0.6) is 0 Å². The van der Waals surface area contributed by atoms with Crippen molar-refractivity contribution in [3.05, 3.63) is 29.2 Å². The molecule has 0 spiro atoms. The number of aryl methyl sites for hydroxylation is 1. The normalized spacial score (nSPS) is 17.0. The Balaban J connectivity index is 1.48. The van der Waals surface area contributed by atoms with Gasteiger partial charge in [-0.2, -0.15) is 0 Å². The Bertz CT molecular complexity index is 685. The van der Waals surface area contributed by atoms with E-state index in [-0.39, 0.29) is 5.91 Å². The first kappa shape index (κ1) is 12.6. The van der Waals surface area contributed by atoms with Gasteiger partial charge in [-0.3, -0.25) is 4.79 Å². The number of carbonyl (C=O) groups is 1. The summed E-state index contributed by atoms with van der Waals surface area (Å²) >= 11 is 0. The lowest BCUT2D eigenvalue weighted by molar-refractivity contribution is 0.0769. The number of amides is 1. The number of aromatic nitrogens is 4. The molecule has 0 radical (unpaired) electrons. The van der Waals surface area contributed by atoms with Crippen LogP contribution in [-0.4, -0.2) is 37.8 Å². The molecule has 0 bridgehead atoms. The van der Waals surface area contributed by atoms with Crippen molar-refractivity contribution in [3.63, 3.8) is 0 Å². The van der Waals surface area contributed by atoms with Gasteiger partial charge >= 0.3 is 0 Å². The summed E-state index contributed by atoms with van der Waals surface area (Å²) in [5.41, 5.74) is 0.376. The lowest BCUT2D eigenvalue weighted by Crippen LogP contribution is -2.28. The van der Waals surface area contributed by atoms with E-state index in [2.05, 4.69) is 19.9 Å². The lowest BCUT2D eigenvalue weighted by Gasteiger charge is -2.15. The second kappa shape index (κ2) is 4.68. The van der Waals surface area contributed by atoms with Crippen molar-refractivity contribution in [2.75, 3.05) is 7.05 Å². The predicted molar refractivity (Wildman–Crippen MR) is 72.6 cm³/mol. The summed E-state index contributed by atoms with van der Waals surface area (Å²) in [6.07, 6.45) is 4.33. The maximum Gasteiger partial charge on any atom is 0.276 e. The van der Waals surface area contributed by atoms with Crippen molar-refractivity contribution in [3.8, 4) is 0 Å². The van der Waals surface area contributed by atoms with Crippen molar-refractivity contribution >= 4 is 5.91 Å². The topological polar surface area (TPSA) is 77.0 Å². The molecule has 7 heteroatoms. The SMILES string of the molecule is CN(Cc1nnc2n1CCC2)C(=O)c1cc(C2CC2)on1. The summed E-state index contributed by atoms with van der Waals surface area (Å²) in [5.74, 6) is 3.01. The van der Waals surface area contributed by atoms with Gasteiger partial charge in [0, 0.05) is 32.0 Å². The van der Waals surface area contributed by atoms with Crippen LogP contribution < -0.4 is 0 Å². The third kappa shape index (κ3) is 2.22. The molecular formula is C14H17N5O2. The molecule has 110 valence electrons. The lowest BCUT2D eigenvalue weighted by atomic mass is 10.2. The number of carbonyl (C=O) groups excluding carboxylic acids is 1. The van der Waals surface area contributed by atoms with Crippen molar-refractivity contribution in [2.45, 2.75) is 44.7 Å². The van der Waals surface area contributed by atoms with Crippen LogP contribution in [0.25, 0.3) is 0 Å². The molecule has 21 heavy (non-hydrogen) atoms. The molecular weight excluding hydrogens is 270 g/mol. The fourth-order valence-electron chi connectivity index (χ4n) is 2.76. The Morgan fingerprint density at radius 2 is 2.33 bits per heavy atom. The molecule has 1 fully saturated rings. The first-order chi connectivity index (χ1) is 10.2. The minimum Gasteiger partial charge on any atom is -0.360 e. The molecule has 0 aromatic carbocycles. The van der Waals surface area contributed by atoms with Gasteiger partial charge in [0.25, 0.3) is 5.91 Å². The third-order valence-corrected chi connectivity index (χ3v) is 4.14. The molecule has 3 heterocycles. The summed E-state index contributed by atoms with van der Waals surface area (Å²) in [7, 11) is 1.75. The quantitative estimate of drug-likeness (QED) is 0.848. The van der Waals surface area contributed by atoms with Crippen molar-refractivity contribution in [2.24, 2.45) is 0 Å². The van der Waals surface area contributed by atoms with Gasteiger partial charge in [-0.25, -0.2) is 0 Å². The predicted octanol–water partition coefficient (Wildman–Crippen LogP) is 1.36. The minimum absolute atomic E-state index is 0.138. The molecule has 2 aromatic rings. The van der Waals surface area contributed by atoms with E-state index in [0.29, 0.717) is 18.2 Å². The van der Waals surface area contributed by atoms with Gasteiger partial charge in [0.2, 0.25) is 0 Å². The van der Waals surface area contributed by atoms with Gasteiger partial charge in [0.05, 0.1) is 6.54 Å². The number of hydrogen-bond donors (Lipinski definition) is 0. The van der Waals surface area contributed by atoms with E-state index in [0.717, 1.165) is 49.6 Å². The van der Waals surface area contributed by atoms with E-state index in [4.69, 9.17) is 4.52 Å². The Kier molecular flexibility index (Phi) is 2.80. The van der Waals surface area contributed by atoms with Crippen LogP contribution in [0.2, 0.25) is 0 Å². The fourth-order valence-corrected chi connectivity index (χ4v) is 2.76. The van der Waals surface area contributed by atoms with Crippen molar-refractivity contribution in [1.29, 1.82) is 0 Å². The van der Waals surface area contributed by atoms with Gasteiger partial charge in [0.15, 0.2) is 11.5 Å². The molecule has 2 aromatic heterocycles. The van der Waals surface area contributed by atoms with Gasteiger partial charge in [-0.05, 0) is 19.3 Å². The van der Waals surface area contributed by atoms with Crippen LogP contribution >= 0.6 is 0 Å². The van der Waals surface area contributed by atoms with Crippen molar-refractivity contribution in [1.82, 2.24) is 24.8 Å². The second-order valence-electron chi connectivity index (χ2n) is 5.84. The van der Waals surface area contributed by atoms with Crippen LogP contribution in [0.1, 0.15) is 53.1 Å². The van der Waals surface area contributed by atoms with E-state index < -0.39 is 0 Å². The molecule has 4 rings (SSSR count). The second-order valence-corrected chi connectivity index (χ2v) is 5.84. The fraction of sp³-hybridized carbons (Fsp3) is 0.571. The molecule has 0 N–H and O–H groups in total. The first-order valence-corrected chi connectivity index (χ1v) is 7.35. The zero-order valence-electron chi connectivity index (χ0n) is 11.9. The Morgan fingerprint density at radius 3 is 3.14 bits per heavy atom. The van der Waals surface area contributed by atoms with Crippen molar-refractivity contribution < 1.29 is 9.32 Å². The molecule has 1 aliphatic heterocycles. The molecule has 0 atom stereocenters. The highest BCUT2D eigenvalue weighted by atomic mass is 16.5. The largest absolute Gasteiger partial charge is 0.360 e. The Morgan fingerprint density at radius 1 is 1.48 bits per heavy atom. The van der Waals surface area contributed by atoms with E-state index in [9.17, 15) is 4.79 Å². The summed E-state index contributed by atoms with van der Waals surface area (Å²) in [6, 6.07) is 1.77. The number of nitrogens with zero attached hydrogens (tertiary/aromatic N) is 5. The van der Waals surface area contributed by atoms with E-state index in [1.165, 1.54) is 0 Å². The molecule has 0 unspecified atom stereocenters. The minimum atomic E-state index is -0.138. The summed E-state index contributed by atoms with van der Waals surface area (Å²) in [6.45, 7) is 1.38. The average Bonchev–Trinajstić information content (AvgIpc) is 2.92. The van der Waals surface area contributed by atoms with Gasteiger partial charge < -0.3 is 14.0 Å². The average molecular weight is 287 g/mol. The Labute approximate surface area is 121 Å². The molecule has 1 saturated carbocycles. The van der Waals surface area contributed by atoms with E-state index >= 15 is 0 Å². The monoisotopic (exact) mass is 287 g/mol. The van der Waals surface area contributed by atoms with Gasteiger partial charge in [0.1, 0.15) is 11.6 Å². The van der Waals surface area contributed by atoms with E-state index in [1.54, 1.807) is 18.0 Å². The standard InChI is InChI=1S/C14H17N5O2/c1-18(8-13-16-15-12-3-2-6-19(12)13)14(20)10-7-11(21-17-10)9-4-5-9/h7,9H,2-6,8H2,1H3. The zero-order chi connectivity index (χ0) is 14.4. The molecule has 1 aliphatic carbocycles. The molecule has 2 aliphatic rings. The van der Waals surface area contributed by atoms with Crippen LogP contribution in [0.4, 0.5) is 0 Å². The van der Waals surface area contributed by atoms with Gasteiger partial charge in [-0.1, -0.05) is 5.16 Å². The highest BCUT2D eigenvalue weighted by molar-refractivity contribution is 5.92. The smallest absolute Gasteiger partial charge is 0.276 e. The maximum atomic E-state index is 12.4. The Hall–Kier alpha value is -2.18. The van der Waals surface area contributed by atoms with Gasteiger partial charge in [-0.15, -0.1) is 10.2 Å². The number of rotatable bonds is 4. The maximum absolute atomic E-state index is 12.4. The van der Waals surface area contributed by atoms with Crippen LogP contribution in [0, 0.1) is 0 Å². The number of fused-ring (bicyclic) bond motifs is 1. The van der Waals surface area contributed by atoms with Crippen LogP contribution in [-0.2, 0) is 19.5 Å². The highest BCUT2D eigenvalue weighted by Gasteiger charge is 2.29. The molecule has 7 nitrogen and oxygen atoms in total. The molecule has 1 amide bonds. The first-order valence-electron chi connectivity index (χ1n) is 7.35. The summed E-state index contributed by atoms with van der Waals surface area (Å²) in [5, 5.41) is 12.2. The number of hydrogen-bond acceptors (Lipinski definition) is 5.